The van der Waals surface area contributed by atoms with Crippen LogP contribution < -0.4 is 0 Å². The molecule has 0 bridgehead atoms. The number of hydrogen-bond acceptors (Lipinski definition) is 4. The average molecular weight is 471 g/mol. The van der Waals surface area contributed by atoms with Gasteiger partial charge in [-0.05, 0) is 36.5 Å². The van der Waals surface area contributed by atoms with E-state index in [4.69, 9.17) is 0 Å². The molecular weight excluding hydrogens is 440 g/mol. The van der Waals surface area contributed by atoms with E-state index < -0.39 is 5.41 Å². The summed E-state index contributed by atoms with van der Waals surface area (Å²) in [4.78, 5) is 43.3. The van der Waals surface area contributed by atoms with Crippen LogP contribution in [0, 0.1) is 6.92 Å². The number of likely N-dealkylation sites (tertiary alicyclic amines) is 1. The number of aryl methyl sites for hydroxylation is 2. The van der Waals surface area contributed by atoms with Gasteiger partial charge in [-0.2, -0.15) is 5.10 Å². The van der Waals surface area contributed by atoms with Crippen LogP contribution >= 0.6 is 0 Å². The van der Waals surface area contributed by atoms with Crippen molar-refractivity contribution in [3.8, 4) is 11.1 Å². The first-order valence-electron chi connectivity index (χ1n) is 12.0. The molecule has 7 nitrogen and oxygen atoms in total. The normalized spacial score (nSPS) is 19.9. The highest BCUT2D eigenvalue weighted by molar-refractivity contribution is 6.11. The van der Waals surface area contributed by atoms with Crippen molar-refractivity contribution in [2.45, 2.75) is 50.6 Å². The van der Waals surface area contributed by atoms with Crippen LogP contribution in [0.5, 0.6) is 0 Å². The molecule has 1 aliphatic heterocycles. The second-order valence-electron chi connectivity index (χ2n) is 9.84. The van der Waals surface area contributed by atoms with Crippen LogP contribution in [0.1, 0.15) is 42.5 Å². The predicted octanol–water partition coefficient (Wildman–Crippen LogP) is 3.60. The number of carbonyl (C=O) groups is 3. The summed E-state index contributed by atoms with van der Waals surface area (Å²) in [6, 6.07) is 17.7. The standard InChI is InChI=1S/C28H30N4O3/c1-19-22(18-31(3)29-19)17-30(2)25(33)15-28(16-26(34)32(27(28)35)24-13-14-24)23-11-9-21(10-12-23)20-7-5-4-6-8-20/h4-12,18,24H,13-17H2,1-3H3/t28-/m1/s1. The van der Waals surface area contributed by atoms with E-state index in [0.29, 0.717) is 6.54 Å². The summed E-state index contributed by atoms with van der Waals surface area (Å²) in [5.74, 6) is -0.584. The van der Waals surface area contributed by atoms with Gasteiger partial charge in [-0.1, -0.05) is 54.6 Å². The zero-order valence-electron chi connectivity index (χ0n) is 20.4. The van der Waals surface area contributed by atoms with E-state index in [0.717, 1.165) is 40.8 Å². The van der Waals surface area contributed by atoms with Crippen LogP contribution in [0.2, 0.25) is 0 Å². The molecular formula is C28H30N4O3. The summed E-state index contributed by atoms with van der Waals surface area (Å²) in [7, 11) is 3.59. The Balaban J connectivity index is 1.45. The number of hydrogen-bond donors (Lipinski definition) is 0. The molecule has 1 saturated heterocycles. The number of carbonyl (C=O) groups excluding carboxylic acids is 3. The second-order valence-corrected chi connectivity index (χ2v) is 9.84. The van der Waals surface area contributed by atoms with Crippen molar-refractivity contribution in [1.82, 2.24) is 19.6 Å². The molecule has 1 aromatic heterocycles. The van der Waals surface area contributed by atoms with Gasteiger partial charge in [0, 0.05) is 51.3 Å². The van der Waals surface area contributed by atoms with Gasteiger partial charge in [0.15, 0.2) is 0 Å². The molecule has 2 fully saturated rings. The van der Waals surface area contributed by atoms with Gasteiger partial charge in [0.1, 0.15) is 0 Å². The fraction of sp³-hybridized carbons (Fsp3) is 0.357. The van der Waals surface area contributed by atoms with E-state index in [-0.39, 0.29) is 36.6 Å². The SMILES string of the molecule is Cc1nn(C)cc1CN(C)C(=O)C[C@]1(c2ccc(-c3ccccc3)cc2)CC(=O)N(C2CC2)C1=O. The van der Waals surface area contributed by atoms with E-state index in [2.05, 4.69) is 5.10 Å². The predicted molar refractivity (Wildman–Crippen MR) is 132 cm³/mol. The molecule has 35 heavy (non-hydrogen) atoms. The molecule has 0 spiro atoms. The Morgan fingerprint density at radius 1 is 1.06 bits per heavy atom. The number of aromatic nitrogens is 2. The third-order valence-corrected chi connectivity index (χ3v) is 7.21. The van der Waals surface area contributed by atoms with Crippen LogP contribution in [-0.2, 0) is 33.4 Å². The highest BCUT2D eigenvalue weighted by Gasteiger charge is 2.57. The molecule has 2 aliphatic rings. The van der Waals surface area contributed by atoms with Gasteiger partial charge >= 0.3 is 0 Å². The van der Waals surface area contributed by atoms with E-state index in [9.17, 15) is 14.4 Å². The summed E-state index contributed by atoms with van der Waals surface area (Å²) in [5, 5.41) is 4.35. The Labute approximate surface area is 205 Å². The van der Waals surface area contributed by atoms with Crippen molar-refractivity contribution in [1.29, 1.82) is 0 Å². The van der Waals surface area contributed by atoms with Gasteiger partial charge in [-0.3, -0.25) is 24.0 Å². The molecule has 180 valence electrons. The van der Waals surface area contributed by atoms with Crippen molar-refractivity contribution in [2.24, 2.45) is 7.05 Å². The number of nitrogens with zero attached hydrogens (tertiary/aromatic N) is 4. The van der Waals surface area contributed by atoms with E-state index in [1.807, 2.05) is 74.8 Å². The molecule has 5 rings (SSSR count). The largest absolute Gasteiger partial charge is 0.341 e. The monoisotopic (exact) mass is 470 g/mol. The Hall–Kier alpha value is -3.74. The lowest BCUT2D eigenvalue weighted by Crippen LogP contribution is -2.43. The van der Waals surface area contributed by atoms with Crippen molar-refractivity contribution >= 4 is 17.7 Å². The van der Waals surface area contributed by atoms with Gasteiger partial charge in [-0.25, -0.2) is 0 Å². The summed E-state index contributed by atoms with van der Waals surface area (Å²) in [6.07, 6.45) is 3.57. The van der Waals surface area contributed by atoms with Gasteiger partial charge in [0.05, 0.1) is 11.1 Å². The molecule has 2 aromatic carbocycles. The van der Waals surface area contributed by atoms with Crippen LogP contribution in [0.25, 0.3) is 11.1 Å². The van der Waals surface area contributed by atoms with E-state index >= 15 is 0 Å². The fourth-order valence-corrected chi connectivity index (χ4v) is 5.08. The zero-order chi connectivity index (χ0) is 24.7. The van der Waals surface area contributed by atoms with Crippen LogP contribution in [0.15, 0.2) is 60.8 Å². The molecule has 1 aliphatic carbocycles. The quantitative estimate of drug-likeness (QED) is 0.495. The van der Waals surface area contributed by atoms with E-state index in [1.165, 1.54) is 4.90 Å². The van der Waals surface area contributed by atoms with Crippen molar-refractivity contribution in [3.63, 3.8) is 0 Å². The Morgan fingerprint density at radius 2 is 1.71 bits per heavy atom. The first-order valence-corrected chi connectivity index (χ1v) is 12.0. The molecule has 3 amide bonds. The minimum absolute atomic E-state index is 0.0219. The average Bonchev–Trinajstić information content (AvgIpc) is 3.58. The van der Waals surface area contributed by atoms with Crippen LogP contribution in [0.4, 0.5) is 0 Å². The first kappa shape index (κ1) is 23.0. The summed E-state index contributed by atoms with van der Waals surface area (Å²) < 4.78 is 1.73. The molecule has 0 unspecified atom stereocenters. The smallest absolute Gasteiger partial charge is 0.241 e. The van der Waals surface area contributed by atoms with E-state index in [1.54, 1.807) is 16.6 Å². The highest BCUT2D eigenvalue weighted by atomic mass is 16.2. The number of rotatable bonds is 7. The molecule has 0 N–H and O–H groups in total. The number of benzene rings is 2. The maximum atomic E-state index is 13.8. The Morgan fingerprint density at radius 3 is 2.31 bits per heavy atom. The molecule has 7 heteroatoms. The number of amides is 3. The van der Waals surface area contributed by atoms with Gasteiger partial charge < -0.3 is 4.90 Å². The lowest BCUT2D eigenvalue weighted by atomic mass is 9.75. The highest BCUT2D eigenvalue weighted by Crippen LogP contribution is 2.44. The zero-order valence-corrected chi connectivity index (χ0v) is 20.4. The van der Waals surface area contributed by atoms with Gasteiger partial charge in [-0.15, -0.1) is 0 Å². The third-order valence-electron chi connectivity index (χ3n) is 7.21. The maximum absolute atomic E-state index is 13.8. The molecule has 0 radical (unpaired) electrons. The summed E-state index contributed by atoms with van der Waals surface area (Å²) >= 11 is 0. The van der Waals surface area contributed by atoms with Crippen LogP contribution in [-0.4, -0.2) is 50.4 Å². The van der Waals surface area contributed by atoms with Crippen LogP contribution in [0.3, 0.4) is 0 Å². The summed E-state index contributed by atoms with van der Waals surface area (Å²) in [5.41, 5.74) is 3.46. The maximum Gasteiger partial charge on any atom is 0.241 e. The minimum Gasteiger partial charge on any atom is -0.341 e. The number of imide groups is 1. The van der Waals surface area contributed by atoms with Crippen molar-refractivity contribution < 1.29 is 14.4 Å². The molecule has 3 aromatic rings. The van der Waals surface area contributed by atoms with Crippen molar-refractivity contribution in [2.75, 3.05) is 7.05 Å². The molecule has 1 atom stereocenters. The van der Waals surface area contributed by atoms with Gasteiger partial charge in [0.2, 0.25) is 17.7 Å². The van der Waals surface area contributed by atoms with Crippen molar-refractivity contribution in [3.05, 3.63) is 77.6 Å². The second kappa shape index (κ2) is 8.80. The van der Waals surface area contributed by atoms with Gasteiger partial charge in [0.25, 0.3) is 0 Å². The Bertz CT molecular complexity index is 1280. The summed E-state index contributed by atoms with van der Waals surface area (Å²) in [6.45, 7) is 2.31. The lowest BCUT2D eigenvalue weighted by Gasteiger charge is -2.29. The topological polar surface area (TPSA) is 75.5 Å². The minimum atomic E-state index is -1.18. The molecule has 1 saturated carbocycles. The third kappa shape index (κ3) is 4.27. The lowest BCUT2D eigenvalue weighted by molar-refractivity contribution is -0.143. The first-order chi connectivity index (χ1) is 16.8. The molecule has 2 heterocycles. The fourth-order valence-electron chi connectivity index (χ4n) is 5.08. The Kier molecular flexibility index (Phi) is 5.79.